The van der Waals surface area contributed by atoms with Crippen molar-refractivity contribution in [3.8, 4) is 0 Å². The Morgan fingerprint density at radius 3 is 2.78 bits per heavy atom. The molecule has 27 heavy (non-hydrogen) atoms. The summed E-state index contributed by atoms with van der Waals surface area (Å²) in [5, 5.41) is 18.2. The largest absolute Gasteiger partial charge is 0.411 e. The molecule has 2 aromatic carbocycles. The van der Waals surface area contributed by atoms with Gasteiger partial charge in [-0.05, 0) is 42.8 Å². The summed E-state index contributed by atoms with van der Waals surface area (Å²) in [6.07, 6.45) is 2.12. The van der Waals surface area contributed by atoms with Crippen molar-refractivity contribution in [3.63, 3.8) is 0 Å². The number of fused-ring (bicyclic) bond motifs is 1. The lowest BCUT2D eigenvalue weighted by molar-refractivity contribution is -0.107. The van der Waals surface area contributed by atoms with Crippen LogP contribution in [-0.2, 0) is 4.79 Å². The van der Waals surface area contributed by atoms with Crippen LogP contribution in [0.25, 0.3) is 10.9 Å². The lowest BCUT2D eigenvalue weighted by atomic mass is 10.2. The van der Waals surface area contributed by atoms with Gasteiger partial charge in [0.05, 0.1) is 12.7 Å². The SMILES string of the molecule is Cc1cccc(Cl)c1.NN/N=C(\N)CN(C=O)c1ccc2c(cnn2O)c1. The van der Waals surface area contributed by atoms with Crippen molar-refractivity contribution in [2.24, 2.45) is 16.7 Å². The van der Waals surface area contributed by atoms with Gasteiger partial charge in [0.2, 0.25) is 6.41 Å². The van der Waals surface area contributed by atoms with E-state index in [9.17, 15) is 10.0 Å². The molecule has 0 saturated heterocycles. The molecule has 0 fully saturated rings. The summed E-state index contributed by atoms with van der Waals surface area (Å²) >= 11 is 5.64. The van der Waals surface area contributed by atoms with Gasteiger partial charge in [0, 0.05) is 16.1 Å². The van der Waals surface area contributed by atoms with Crippen LogP contribution in [0.4, 0.5) is 5.69 Å². The number of nitrogens with two attached hydrogens (primary N) is 2. The van der Waals surface area contributed by atoms with E-state index >= 15 is 0 Å². The van der Waals surface area contributed by atoms with Crippen LogP contribution in [0.3, 0.4) is 0 Å². The molecule has 0 unspecified atom stereocenters. The third kappa shape index (κ3) is 5.59. The highest BCUT2D eigenvalue weighted by Crippen LogP contribution is 2.20. The number of rotatable bonds is 5. The number of hydrogen-bond donors (Lipinski definition) is 4. The standard InChI is InChI=1S/C10H13N7O2.C7H7Cl/c11-10(14-15-12)5-16(6-18)8-1-2-9-7(3-8)4-13-17(9)19;1-6-3-2-4-7(8)5-6/h1-4,6,15,19H,5,12H2,(H2,11,14);2-5H,1H3. The van der Waals surface area contributed by atoms with E-state index in [0.29, 0.717) is 23.0 Å². The molecule has 0 spiro atoms. The summed E-state index contributed by atoms with van der Waals surface area (Å²) in [5.74, 6) is 5.16. The number of aromatic nitrogens is 2. The maximum atomic E-state index is 11.1. The summed E-state index contributed by atoms with van der Waals surface area (Å²) in [6, 6.07) is 12.8. The average molecular weight is 390 g/mol. The number of carbonyl (C=O) groups is 1. The van der Waals surface area contributed by atoms with Crippen LogP contribution in [-0.4, -0.2) is 33.9 Å². The lowest BCUT2D eigenvalue weighted by Crippen LogP contribution is -2.35. The fraction of sp³-hybridized carbons (Fsp3) is 0.118. The van der Waals surface area contributed by atoms with Crippen molar-refractivity contribution in [1.82, 2.24) is 15.5 Å². The predicted octanol–water partition coefficient (Wildman–Crippen LogP) is 1.62. The number of hydrogen-bond acceptors (Lipinski definition) is 6. The van der Waals surface area contributed by atoms with Crippen molar-refractivity contribution >= 4 is 40.4 Å². The van der Waals surface area contributed by atoms with Crippen molar-refractivity contribution < 1.29 is 10.0 Å². The van der Waals surface area contributed by atoms with Crippen molar-refractivity contribution in [2.45, 2.75) is 6.92 Å². The van der Waals surface area contributed by atoms with Crippen molar-refractivity contribution in [2.75, 3.05) is 11.4 Å². The Kier molecular flexibility index (Phi) is 6.98. The fourth-order valence-corrected chi connectivity index (χ4v) is 2.52. The first kappa shape index (κ1) is 20.0. The van der Waals surface area contributed by atoms with Gasteiger partial charge in [-0.1, -0.05) is 23.7 Å². The number of aryl methyl sites for hydroxylation is 1. The average Bonchev–Trinajstić information content (AvgIpc) is 3.01. The Labute approximate surface area is 160 Å². The van der Waals surface area contributed by atoms with Crippen LogP contribution in [0.5, 0.6) is 0 Å². The molecule has 1 aromatic heterocycles. The Bertz CT molecular complexity index is 925. The van der Waals surface area contributed by atoms with E-state index < -0.39 is 0 Å². The number of hydrazine groups is 1. The molecule has 6 N–H and O–H groups in total. The minimum absolute atomic E-state index is 0.0898. The van der Waals surface area contributed by atoms with E-state index in [0.717, 1.165) is 9.87 Å². The minimum Gasteiger partial charge on any atom is -0.411 e. The first-order valence-electron chi connectivity index (χ1n) is 7.83. The highest BCUT2D eigenvalue weighted by Gasteiger charge is 2.10. The second kappa shape index (κ2) is 9.41. The van der Waals surface area contributed by atoms with E-state index in [-0.39, 0.29) is 12.4 Å². The summed E-state index contributed by atoms with van der Waals surface area (Å²) in [6.45, 7) is 2.11. The van der Waals surface area contributed by atoms with Gasteiger partial charge in [-0.25, -0.2) is 11.4 Å². The van der Waals surface area contributed by atoms with Crippen LogP contribution in [0, 0.1) is 6.92 Å². The summed E-state index contributed by atoms with van der Waals surface area (Å²) in [5.41, 5.74) is 9.97. The Morgan fingerprint density at radius 1 is 1.41 bits per heavy atom. The molecule has 3 aromatic rings. The summed E-state index contributed by atoms with van der Waals surface area (Å²) < 4.78 is 0. The van der Waals surface area contributed by atoms with Gasteiger partial charge in [0.25, 0.3) is 0 Å². The lowest BCUT2D eigenvalue weighted by Gasteiger charge is -2.16. The molecule has 10 heteroatoms. The van der Waals surface area contributed by atoms with E-state index in [1.807, 2.05) is 31.2 Å². The maximum absolute atomic E-state index is 11.1. The highest BCUT2D eigenvalue weighted by atomic mass is 35.5. The molecule has 0 atom stereocenters. The Hall–Kier alpha value is -3.30. The van der Waals surface area contributed by atoms with Gasteiger partial charge >= 0.3 is 0 Å². The number of benzene rings is 2. The van der Waals surface area contributed by atoms with E-state index in [1.54, 1.807) is 18.2 Å². The molecule has 0 aliphatic carbocycles. The molecule has 1 amide bonds. The van der Waals surface area contributed by atoms with Crippen molar-refractivity contribution in [1.29, 1.82) is 0 Å². The fourth-order valence-electron chi connectivity index (χ4n) is 2.27. The number of carbonyl (C=O) groups excluding carboxylic acids is 1. The van der Waals surface area contributed by atoms with Gasteiger partial charge in [-0.2, -0.15) is 5.10 Å². The topological polar surface area (TPSA) is 135 Å². The third-order valence-corrected chi connectivity index (χ3v) is 3.75. The molecule has 0 aliphatic heterocycles. The first-order chi connectivity index (χ1) is 12.9. The Balaban J connectivity index is 0.000000273. The highest BCUT2D eigenvalue weighted by molar-refractivity contribution is 6.30. The molecule has 0 radical (unpaired) electrons. The second-order valence-corrected chi connectivity index (χ2v) is 5.98. The number of anilines is 1. The summed E-state index contributed by atoms with van der Waals surface area (Å²) in [4.78, 5) is 13.2. The second-order valence-electron chi connectivity index (χ2n) is 5.54. The van der Waals surface area contributed by atoms with Gasteiger partial charge in [-0.3, -0.25) is 4.79 Å². The van der Waals surface area contributed by atoms with Gasteiger partial charge in [0.1, 0.15) is 11.4 Å². The van der Waals surface area contributed by atoms with Crippen LogP contribution >= 0.6 is 11.6 Å². The van der Waals surface area contributed by atoms with Gasteiger partial charge in [-0.15, -0.1) is 9.94 Å². The molecular weight excluding hydrogens is 370 g/mol. The van der Waals surface area contributed by atoms with Crippen molar-refractivity contribution in [3.05, 3.63) is 59.2 Å². The number of nitrogens with zero attached hydrogens (tertiary/aromatic N) is 4. The summed E-state index contributed by atoms with van der Waals surface area (Å²) in [7, 11) is 0. The van der Waals surface area contributed by atoms with Crippen LogP contribution in [0.2, 0.25) is 5.02 Å². The molecule has 0 aliphatic rings. The quantitative estimate of drug-likeness (QED) is 0.131. The van der Waals surface area contributed by atoms with Gasteiger partial charge in [0.15, 0.2) is 0 Å². The number of halogens is 1. The molecule has 0 saturated carbocycles. The zero-order valence-electron chi connectivity index (χ0n) is 14.6. The zero-order chi connectivity index (χ0) is 19.8. The van der Waals surface area contributed by atoms with Crippen LogP contribution < -0.4 is 22.0 Å². The molecule has 9 nitrogen and oxygen atoms in total. The first-order valence-corrected chi connectivity index (χ1v) is 8.21. The van der Waals surface area contributed by atoms with E-state index in [1.165, 1.54) is 16.7 Å². The number of nitrogens with one attached hydrogen (secondary N) is 1. The minimum atomic E-state index is 0.0898. The van der Waals surface area contributed by atoms with Crippen LogP contribution in [0.1, 0.15) is 5.56 Å². The van der Waals surface area contributed by atoms with E-state index in [2.05, 4.69) is 15.7 Å². The molecule has 0 bridgehead atoms. The predicted molar refractivity (Wildman–Crippen MR) is 105 cm³/mol. The maximum Gasteiger partial charge on any atom is 0.214 e. The van der Waals surface area contributed by atoms with Gasteiger partial charge < -0.3 is 15.8 Å². The number of hydrazone groups is 1. The normalized spacial score (nSPS) is 10.9. The number of amides is 1. The third-order valence-electron chi connectivity index (χ3n) is 3.51. The molecular formula is C17H20ClN7O2. The molecule has 1 heterocycles. The number of amidine groups is 1. The zero-order valence-corrected chi connectivity index (χ0v) is 15.3. The van der Waals surface area contributed by atoms with E-state index in [4.69, 9.17) is 23.2 Å². The molecule has 142 valence electrons. The smallest absolute Gasteiger partial charge is 0.214 e. The monoisotopic (exact) mass is 389 g/mol. The Morgan fingerprint density at radius 2 is 2.19 bits per heavy atom. The molecule has 3 rings (SSSR count). The van der Waals surface area contributed by atoms with Crippen LogP contribution in [0.15, 0.2) is 53.8 Å².